The number of aryl methyl sites for hydroxylation is 1. The SMILES string of the molecule is COC(=O)c1ccc(COC(=O)CCc2nc(-c3ccc(Cl)cc3)no2)o1. The Morgan fingerprint density at radius 1 is 1.15 bits per heavy atom. The summed E-state index contributed by atoms with van der Waals surface area (Å²) < 4.78 is 20.0. The van der Waals surface area contributed by atoms with Gasteiger partial charge in [0.05, 0.1) is 13.5 Å². The first kappa shape index (κ1) is 18.7. The predicted octanol–water partition coefficient (Wildman–Crippen LogP) is 3.45. The Morgan fingerprint density at radius 3 is 2.67 bits per heavy atom. The number of carbonyl (C=O) groups is 2. The third-order valence-corrected chi connectivity index (χ3v) is 3.79. The van der Waals surface area contributed by atoms with E-state index in [9.17, 15) is 9.59 Å². The fourth-order valence-corrected chi connectivity index (χ4v) is 2.30. The van der Waals surface area contributed by atoms with Gasteiger partial charge in [-0.25, -0.2) is 4.79 Å². The van der Waals surface area contributed by atoms with Crippen LogP contribution >= 0.6 is 11.6 Å². The molecular weight excluding hydrogens is 376 g/mol. The molecule has 0 aliphatic carbocycles. The van der Waals surface area contributed by atoms with Gasteiger partial charge in [0.2, 0.25) is 17.5 Å². The van der Waals surface area contributed by atoms with Crippen molar-refractivity contribution >= 4 is 23.5 Å². The lowest BCUT2D eigenvalue weighted by atomic mass is 10.2. The monoisotopic (exact) mass is 390 g/mol. The van der Waals surface area contributed by atoms with Gasteiger partial charge in [-0.2, -0.15) is 4.98 Å². The zero-order chi connectivity index (χ0) is 19.2. The molecule has 27 heavy (non-hydrogen) atoms. The van der Waals surface area contributed by atoms with E-state index in [-0.39, 0.29) is 25.2 Å². The second kappa shape index (κ2) is 8.50. The van der Waals surface area contributed by atoms with E-state index in [0.717, 1.165) is 5.56 Å². The highest BCUT2D eigenvalue weighted by atomic mass is 35.5. The topological polar surface area (TPSA) is 105 Å². The van der Waals surface area contributed by atoms with Crippen LogP contribution in [0.2, 0.25) is 5.02 Å². The molecule has 2 aromatic heterocycles. The zero-order valence-electron chi connectivity index (χ0n) is 14.3. The molecule has 0 atom stereocenters. The van der Waals surface area contributed by atoms with Crippen LogP contribution in [0.4, 0.5) is 0 Å². The number of hydrogen-bond acceptors (Lipinski definition) is 8. The second-order valence-electron chi connectivity index (χ2n) is 5.44. The van der Waals surface area contributed by atoms with Gasteiger partial charge in [-0.1, -0.05) is 16.8 Å². The van der Waals surface area contributed by atoms with Crippen LogP contribution < -0.4 is 0 Å². The van der Waals surface area contributed by atoms with Gasteiger partial charge in [0.1, 0.15) is 12.4 Å². The van der Waals surface area contributed by atoms with E-state index >= 15 is 0 Å². The number of hydrogen-bond donors (Lipinski definition) is 0. The number of esters is 2. The van der Waals surface area contributed by atoms with Gasteiger partial charge in [0.15, 0.2) is 0 Å². The van der Waals surface area contributed by atoms with Gasteiger partial charge in [-0.15, -0.1) is 0 Å². The van der Waals surface area contributed by atoms with E-state index in [1.165, 1.54) is 19.2 Å². The Labute approximate surface area is 159 Å². The summed E-state index contributed by atoms with van der Waals surface area (Å²) >= 11 is 5.84. The van der Waals surface area contributed by atoms with Gasteiger partial charge < -0.3 is 18.4 Å². The Balaban J connectivity index is 1.47. The van der Waals surface area contributed by atoms with E-state index in [1.807, 2.05) is 0 Å². The molecule has 0 spiro atoms. The molecule has 8 nitrogen and oxygen atoms in total. The molecule has 0 N–H and O–H groups in total. The largest absolute Gasteiger partial charge is 0.463 e. The molecule has 0 fully saturated rings. The van der Waals surface area contributed by atoms with Crippen molar-refractivity contribution in [3.8, 4) is 11.4 Å². The highest BCUT2D eigenvalue weighted by Gasteiger charge is 2.14. The van der Waals surface area contributed by atoms with E-state index in [2.05, 4.69) is 14.9 Å². The fourth-order valence-electron chi connectivity index (χ4n) is 2.17. The van der Waals surface area contributed by atoms with Crippen LogP contribution in [0.25, 0.3) is 11.4 Å². The summed E-state index contributed by atoms with van der Waals surface area (Å²) in [5, 5.41) is 4.49. The van der Waals surface area contributed by atoms with Crippen molar-refractivity contribution in [3.05, 3.63) is 58.8 Å². The lowest BCUT2D eigenvalue weighted by molar-refractivity contribution is -0.145. The summed E-state index contributed by atoms with van der Waals surface area (Å²) in [6.07, 6.45) is 0.303. The van der Waals surface area contributed by atoms with E-state index in [4.69, 9.17) is 25.3 Å². The Morgan fingerprint density at radius 2 is 1.93 bits per heavy atom. The van der Waals surface area contributed by atoms with Crippen LogP contribution in [0.3, 0.4) is 0 Å². The van der Waals surface area contributed by atoms with Crippen LogP contribution in [-0.2, 0) is 27.3 Å². The van der Waals surface area contributed by atoms with E-state index in [1.54, 1.807) is 24.3 Å². The third kappa shape index (κ3) is 4.95. The maximum Gasteiger partial charge on any atom is 0.373 e. The summed E-state index contributed by atoms with van der Waals surface area (Å²) in [5.41, 5.74) is 0.760. The molecule has 0 radical (unpaired) electrons. The van der Waals surface area contributed by atoms with Crippen molar-refractivity contribution in [2.45, 2.75) is 19.4 Å². The summed E-state index contributed by atoms with van der Waals surface area (Å²) in [6, 6.07) is 9.99. The number of nitrogens with zero attached hydrogens (tertiary/aromatic N) is 2. The summed E-state index contributed by atoms with van der Waals surface area (Å²) in [5.74, 6) is 0.0669. The Hall–Kier alpha value is -3.13. The average Bonchev–Trinajstić information content (AvgIpc) is 3.34. The molecule has 0 saturated carbocycles. The van der Waals surface area contributed by atoms with Gasteiger partial charge in [0.25, 0.3) is 0 Å². The molecule has 1 aromatic carbocycles. The predicted molar refractivity (Wildman–Crippen MR) is 92.9 cm³/mol. The van der Waals surface area contributed by atoms with Crippen molar-refractivity contribution in [1.29, 1.82) is 0 Å². The molecule has 0 bridgehead atoms. The lowest BCUT2D eigenvalue weighted by Gasteiger charge is -2.01. The molecule has 0 unspecified atom stereocenters. The van der Waals surface area contributed by atoms with Crippen molar-refractivity contribution in [1.82, 2.24) is 10.1 Å². The van der Waals surface area contributed by atoms with Gasteiger partial charge in [0, 0.05) is 17.0 Å². The number of halogens is 1. The van der Waals surface area contributed by atoms with Gasteiger partial charge in [-0.05, 0) is 36.4 Å². The molecule has 140 valence electrons. The molecule has 3 rings (SSSR count). The molecule has 0 aliphatic heterocycles. The quantitative estimate of drug-likeness (QED) is 0.565. The maximum atomic E-state index is 11.8. The molecule has 3 aromatic rings. The Kier molecular flexibility index (Phi) is 5.87. The average molecular weight is 391 g/mol. The second-order valence-corrected chi connectivity index (χ2v) is 5.87. The number of carbonyl (C=O) groups excluding carboxylic acids is 2. The summed E-state index contributed by atoms with van der Waals surface area (Å²) in [6.45, 7) is -0.0876. The highest BCUT2D eigenvalue weighted by molar-refractivity contribution is 6.30. The Bertz CT molecular complexity index is 931. The maximum absolute atomic E-state index is 11.8. The minimum Gasteiger partial charge on any atom is -0.463 e. The van der Waals surface area contributed by atoms with Crippen LogP contribution in [0.1, 0.15) is 28.6 Å². The normalized spacial score (nSPS) is 10.6. The van der Waals surface area contributed by atoms with E-state index in [0.29, 0.717) is 22.5 Å². The molecule has 0 aliphatic rings. The van der Waals surface area contributed by atoms with Crippen molar-refractivity contribution < 1.29 is 28.0 Å². The number of rotatable bonds is 7. The first-order chi connectivity index (χ1) is 13.0. The highest BCUT2D eigenvalue weighted by Crippen LogP contribution is 2.19. The molecule has 9 heteroatoms. The van der Waals surface area contributed by atoms with Crippen molar-refractivity contribution in [3.63, 3.8) is 0 Å². The number of furan rings is 1. The first-order valence-corrected chi connectivity index (χ1v) is 8.34. The zero-order valence-corrected chi connectivity index (χ0v) is 15.1. The minimum atomic E-state index is -0.597. The van der Waals surface area contributed by atoms with Crippen molar-refractivity contribution in [2.75, 3.05) is 7.11 Å². The number of methoxy groups -OCH3 is 1. The van der Waals surface area contributed by atoms with Gasteiger partial charge >= 0.3 is 11.9 Å². The fraction of sp³-hybridized carbons (Fsp3) is 0.222. The van der Waals surface area contributed by atoms with Crippen LogP contribution in [0.5, 0.6) is 0 Å². The smallest absolute Gasteiger partial charge is 0.373 e. The number of aromatic nitrogens is 2. The molecular formula is C18H15ClN2O6. The van der Waals surface area contributed by atoms with Crippen LogP contribution in [0.15, 0.2) is 45.3 Å². The number of benzene rings is 1. The standard InChI is InChI=1S/C18H15ClN2O6/c1-24-18(23)14-7-6-13(26-14)10-25-16(22)9-8-15-20-17(21-27-15)11-2-4-12(19)5-3-11/h2-7H,8-10H2,1H3. The summed E-state index contributed by atoms with van der Waals surface area (Å²) in [7, 11) is 1.25. The first-order valence-electron chi connectivity index (χ1n) is 7.96. The molecule has 0 amide bonds. The minimum absolute atomic E-state index is 0.0455. The lowest BCUT2D eigenvalue weighted by Crippen LogP contribution is -2.06. The third-order valence-electron chi connectivity index (χ3n) is 3.54. The van der Waals surface area contributed by atoms with Crippen molar-refractivity contribution in [2.24, 2.45) is 0 Å². The van der Waals surface area contributed by atoms with Crippen LogP contribution in [0, 0.1) is 0 Å². The van der Waals surface area contributed by atoms with E-state index < -0.39 is 11.9 Å². The summed E-state index contributed by atoms with van der Waals surface area (Å²) in [4.78, 5) is 27.4. The molecule has 0 saturated heterocycles. The molecule has 2 heterocycles. The number of ether oxygens (including phenoxy) is 2. The van der Waals surface area contributed by atoms with Gasteiger partial charge in [-0.3, -0.25) is 4.79 Å². The van der Waals surface area contributed by atoms with Crippen LogP contribution in [-0.4, -0.2) is 29.2 Å².